The Bertz CT molecular complexity index is 2530. The van der Waals surface area contributed by atoms with Crippen molar-refractivity contribution in [3.05, 3.63) is 150 Å². The van der Waals surface area contributed by atoms with Crippen molar-refractivity contribution in [2.24, 2.45) is 5.92 Å². The summed E-state index contributed by atoms with van der Waals surface area (Å²) < 4.78 is 2.70. The van der Waals surface area contributed by atoms with Crippen molar-refractivity contribution in [3.8, 4) is 11.1 Å². The van der Waals surface area contributed by atoms with Gasteiger partial charge in [0.15, 0.2) is 0 Å². The molecule has 1 aromatic heterocycles. The fourth-order valence-electron chi connectivity index (χ4n) is 9.95. The second-order valence-electron chi connectivity index (χ2n) is 16.1. The highest BCUT2D eigenvalue weighted by molar-refractivity contribution is 6.18. The fraction of sp³-hybridized carbons (Fsp3) is 0.250. The van der Waals surface area contributed by atoms with Crippen LogP contribution in [0.4, 0.5) is 11.4 Å². The van der Waals surface area contributed by atoms with E-state index in [1.165, 1.54) is 77.5 Å². The van der Waals surface area contributed by atoms with Crippen LogP contribution in [0, 0.1) is 5.92 Å². The third kappa shape index (κ3) is 3.97. The zero-order valence-electron chi connectivity index (χ0n) is 29.8. The van der Waals surface area contributed by atoms with E-state index in [9.17, 15) is 0 Å². The lowest BCUT2D eigenvalue weighted by Gasteiger charge is -2.46. The highest BCUT2D eigenvalue weighted by Gasteiger charge is 2.46. The molecule has 2 aliphatic heterocycles. The summed E-state index contributed by atoms with van der Waals surface area (Å²) >= 11 is 0. The van der Waals surface area contributed by atoms with Crippen molar-refractivity contribution in [2.75, 3.05) is 4.90 Å². The molecule has 0 spiro atoms. The Morgan fingerprint density at radius 3 is 2.24 bits per heavy atom. The van der Waals surface area contributed by atoms with Crippen molar-refractivity contribution < 1.29 is 0 Å². The molecule has 0 saturated carbocycles. The first-order chi connectivity index (χ1) is 24.2. The summed E-state index contributed by atoms with van der Waals surface area (Å²) in [6, 6.07) is 37.0. The van der Waals surface area contributed by atoms with Gasteiger partial charge in [-0.2, -0.15) is 0 Å². The molecule has 2 nitrogen and oxygen atoms in total. The Labute approximate surface area is 295 Å². The van der Waals surface area contributed by atoms with Gasteiger partial charge in [-0.1, -0.05) is 126 Å². The monoisotopic (exact) mass is 648 g/mol. The standard InChI is InChI=1S/C48H44N2/c1-30-16-8-6-11-25-43(30)49(33-19-9-7-10-20-33)34-28-38-37-26-32(36-22-14-18-31-17-12-13-21-35(31)36)27-41-44(37)50-45(38)42(29-34)48(4,5)40-24-15-23-39(46(40)50)47(41,2)3/h7-14,16-23,25-30,43H,6,15,24H2,1-5H3/t30-,43?/m1/s1. The quantitative estimate of drug-likeness (QED) is 0.173. The van der Waals surface area contributed by atoms with Crippen molar-refractivity contribution in [1.29, 1.82) is 0 Å². The van der Waals surface area contributed by atoms with Gasteiger partial charge in [0.25, 0.3) is 0 Å². The normalized spacial score (nSPS) is 21.3. The lowest BCUT2D eigenvalue weighted by atomic mass is 9.64. The average Bonchev–Trinajstić information content (AvgIpc) is 3.31. The predicted octanol–water partition coefficient (Wildman–Crippen LogP) is 12.8. The Morgan fingerprint density at radius 2 is 1.40 bits per heavy atom. The van der Waals surface area contributed by atoms with Crippen molar-refractivity contribution in [1.82, 2.24) is 4.57 Å². The minimum Gasteiger partial charge on any atom is -0.334 e. The Morgan fingerprint density at radius 1 is 0.680 bits per heavy atom. The summed E-state index contributed by atoms with van der Waals surface area (Å²) in [4.78, 5) is 2.61. The Kier molecular flexibility index (Phi) is 6.24. The average molecular weight is 649 g/mol. The summed E-state index contributed by atoms with van der Waals surface area (Å²) in [6.45, 7) is 12.3. The summed E-state index contributed by atoms with van der Waals surface area (Å²) in [7, 11) is 0. The number of fused-ring (bicyclic) bond motifs is 2. The van der Waals surface area contributed by atoms with Crippen LogP contribution in [0.2, 0.25) is 0 Å². The van der Waals surface area contributed by atoms with Crippen molar-refractivity contribution >= 4 is 49.7 Å². The third-order valence-corrected chi connectivity index (χ3v) is 12.5. The molecule has 6 aromatic rings. The number of anilines is 2. The lowest BCUT2D eigenvalue weighted by molar-refractivity contribution is 0.556. The zero-order valence-corrected chi connectivity index (χ0v) is 29.8. The highest BCUT2D eigenvalue weighted by Crippen LogP contribution is 2.60. The molecule has 2 aliphatic carbocycles. The number of benzene rings is 5. The fourth-order valence-corrected chi connectivity index (χ4v) is 9.95. The third-order valence-electron chi connectivity index (χ3n) is 12.5. The molecule has 3 heterocycles. The molecule has 4 aliphatic rings. The first kappa shape index (κ1) is 29.8. The van der Waals surface area contributed by atoms with Crippen LogP contribution in [-0.4, -0.2) is 10.6 Å². The number of hydrogen-bond donors (Lipinski definition) is 0. The second kappa shape index (κ2) is 10.5. The number of hydrogen-bond acceptors (Lipinski definition) is 1. The van der Waals surface area contributed by atoms with E-state index in [2.05, 4.69) is 172 Å². The zero-order chi connectivity index (χ0) is 33.9. The molecule has 1 unspecified atom stereocenters. The molecule has 0 N–H and O–H groups in total. The van der Waals surface area contributed by atoms with Gasteiger partial charge < -0.3 is 9.47 Å². The van der Waals surface area contributed by atoms with E-state index in [-0.39, 0.29) is 16.9 Å². The molecule has 2 heteroatoms. The molecule has 0 saturated heterocycles. The van der Waals surface area contributed by atoms with Gasteiger partial charge in [0, 0.05) is 33.0 Å². The van der Waals surface area contributed by atoms with Gasteiger partial charge in [0.2, 0.25) is 0 Å². The van der Waals surface area contributed by atoms with Gasteiger partial charge >= 0.3 is 0 Å². The molecule has 0 radical (unpaired) electrons. The topological polar surface area (TPSA) is 8.17 Å². The van der Waals surface area contributed by atoms with Gasteiger partial charge in [-0.05, 0) is 106 Å². The minimum atomic E-state index is -0.121. The SMILES string of the molecule is C[C@@H]1C=CCC=CC1N(c1ccccc1)c1cc2c3c(c1)c1cc(-c4cccc5ccccc45)cc4c1n3C1=C(CCC=C1C4(C)C)C2(C)C. The van der Waals surface area contributed by atoms with Gasteiger partial charge in [0.1, 0.15) is 0 Å². The van der Waals surface area contributed by atoms with Crippen LogP contribution < -0.4 is 4.90 Å². The first-order valence-corrected chi connectivity index (χ1v) is 18.5. The Hall–Kier alpha value is -5.08. The Balaban J connectivity index is 1.35. The molecular formula is C48H44N2. The molecule has 0 amide bonds. The molecule has 0 fully saturated rings. The summed E-state index contributed by atoms with van der Waals surface area (Å²) in [6.07, 6.45) is 15.2. The molecule has 0 bridgehead atoms. The molecule has 50 heavy (non-hydrogen) atoms. The van der Waals surface area contributed by atoms with Crippen molar-refractivity contribution in [2.45, 2.75) is 70.8 Å². The van der Waals surface area contributed by atoms with Crippen LogP contribution in [0.3, 0.4) is 0 Å². The number of allylic oxidation sites excluding steroid dienone is 6. The summed E-state index contributed by atoms with van der Waals surface area (Å²) in [5.74, 6) is 0.364. The smallest absolute Gasteiger partial charge is 0.0583 e. The van der Waals surface area contributed by atoms with E-state index in [0.29, 0.717) is 5.92 Å². The largest absolute Gasteiger partial charge is 0.334 e. The molecular weight excluding hydrogens is 605 g/mol. The van der Waals surface area contributed by atoms with Gasteiger partial charge in [-0.15, -0.1) is 0 Å². The van der Waals surface area contributed by atoms with E-state index < -0.39 is 0 Å². The van der Waals surface area contributed by atoms with Crippen LogP contribution in [0.25, 0.3) is 49.4 Å². The maximum Gasteiger partial charge on any atom is 0.0583 e. The van der Waals surface area contributed by atoms with Crippen LogP contribution in [0.1, 0.15) is 65.0 Å². The van der Waals surface area contributed by atoms with Gasteiger partial charge in [-0.25, -0.2) is 0 Å². The van der Waals surface area contributed by atoms with E-state index in [1.54, 1.807) is 5.57 Å². The van der Waals surface area contributed by atoms with E-state index in [4.69, 9.17) is 0 Å². The first-order valence-electron chi connectivity index (χ1n) is 18.5. The lowest BCUT2D eigenvalue weighted by Crippen LogP contribution is -2.37. The maximum absolute atomic E-state index is 2.70. The van der Waals surface area contributed by atoms with Crippen LogP contribution in [-0.2, 0) is 10.8 Å². The number of nitrogens with zero attached hydrogens (tertiary/aromatic N) is 2. The minimum absolute atomic E-state index is 0.104. The molecule has 5 aromatic carbocycles. The van der Waals surface area contributed by atoms with Gasteiger partial charge in [0.05, 0.1) is 22.8 Å². The number of para-hydroxylation sites is 1. The summed E-state index contributed by atoms with van der Waals surface area (Å²) in [5.41, 5.74) is 15.1. The maximum atomic E-state index is 2.70. The van der Waals surface area contributed by atoms with Gasteiger partial charge in [-0.3, -0.25) is 0 Å². The highest BCUT2D eigenvalue weighted by atomic mass is 15.2. The van der Waals surface area contributed by atoms with E-state index in [0.717, 1.165) is 19.3 Å². The second-order valence-corrected chi connectivity index (χ2v) is 16.1. The molecule has 10 rings (SSSR count). The van der Waals surface area contributed by atoms with Crippen LogP contribution >= 0.6 is 0 Å². The number of rotatable bonds is 4. The molecule has 246 valence electrons. The van der Waals surface area contributed by atoms with Crippen LogP contribution in [0.5, 0.6) is 0 Å². The summed E-state index contributed by atoms with van der Waals surface area (Å²) in [5, 5.41) is 5.32. The number of aromatic nitrogens is 1. The van der Waals surface area contributed by atoms with Crippen LogP contribution in [0.15, 0.2) is 139 Å². The predicted molar refractivity (Wildman–Crippen MR) is 213 cm³/mol. The molecule has 2 atom stereocenters. The van der Waals surface area contributed by atoms with E-state index >= 15 is 0 Å². The van der Waals surface area contributed by atoms with E-state index in [1.807, 2.05) is 0 Å². The van der Waals surface area contributed by atoms with Crippen molar-refractivity contribution in [3.63, 3.8) is 0 Å².